The minimum absolute atomic E-state index is 0.0705. The molecule has 1 aromatic carbocycles. The average molecular weight is 378 g/mol. The van der Waals surface area contributed by atoms with Gasteiger partial charge >= 0.3 is 5.97 Å². The van der Waals surface area contributed by atoms with Crippen molar-refractivity contribution in [1.29, 1.82) is 0 Å². The third-order valence-electron chi connectivity index (χ3n) is 3.54. The fraction of sp³-hybridized carbons (Fsp3) is 0.316. The number of amides is 1. The zero-order valence-corrected chi connectivity index (χ0v) is 15.0. The molecule has 0 saturated carbocycles. The number of carboxylic acids is 1. The van der Waals surface area contributed by atoms with Gasteiger partial charge in [0.15, 0.2) is 11.6 Å². The van der Waals surface area contributed by atoms with Crippen LogP contribution in [0.1, 0.15) is 36.3 Å². The summed E-state index contributed by atoms with van der Waals surface area (Å²) in [4.78, 5) is 29.1. The van der Waals surface area contributed by atoms with Crippen LogP contribution >= 0.6 is 0 Å². The normalized spacial score (nSPS) is 10.7. The maximum absolute atomic E-state index is 13.4. The number of aliphatic carboxylic acids is 1. The number of carbonyl (C=O) groups excluding carboxylic acids is 1. The number of carboxylic acid groups (broad SMARTS) is 1. The minimum atomic E-state index is -1.08. The second-order valence-electron chi connectivity index (χ2n) is 6.15. The summed E-state index contributed by atoms with van der Waals surface area (Å²) in [5, 5.41) is 8.92. The van der Waals surface area contributed by atoms with E-state index in [1.807, 2.05) is 13.8 Å². The van der Waals surface area contributed by atoms with Gasteiger partial charge in [-0.15, -0.1) is 0 Å². The van der Waals surface area contributed by atoms with Gasteiger partial charge in [-0.2, -0.15) is 0 Å². The molecule has 0 aliphatic rings. The molecule has 6 nitrogen and oxygen atoms in total. The number of hydrogen-bond acceptors (Lipinski definition) is 4. The monoisotopic (exact) mass is 378 g/mol. The van der Waals surface area contributed by atoms with E-state index in [0.29, 0.717) is 5.56 Å². The average Bonchev–Trinajstić information content (AvgIpc) is 2.60. The zero-order chi connectivity index (χ0) is 20.0. The Morgan fingerprint density at radius 1 is 1.19 bits per heavy atom. The second kappa shape index (κ2) is 9.07. The van der Waals surface area contributed by atoms with Crippen LogP contribution in [0, 0.1) is 11.6 Å². The van der Waals surface area contributed by atoms with E-state index in [9.17, 15) is 18.4 Å². The van der Waals surface area contributed by atoms with Gasteiger partial charge in [0.25, 0.3) is 5.91 Å². The maximum Gasteiger partial charge on any atom is 0.305 e. The third-order valence-corrected chi connectivity index (χ3v) is 3.54. The van der Waals surface area contributed by atoms with Crippen LogP contribution in [0.2, 0.25) is 0 Å². The number of halogens is 2. The molecule has 0 radical (unpaired) electrons. The van der Waals surface area contributed by atoms with Gasteiger partial charge in [-0.05, 0) is 37.6 Å². The van der Waals surface area contributed by atoms with E-state index >= 15 is 0 Å². The molecule has 144 valence electrons. The quantitative estimate of drug-likeness (QED) is 0.763. The fourth-order valence-corrected chi connectivity index (χ4v) is 2.34. The van der Waals surface area contributed by atoms with Crippen LogP contribution in [-0.2, 0) is 11.3 Å². The Bertz CT molecular complexity index is 827. The highest BCUT2D eigenvalue weighted by Gasteiger charge is 2.20. The zero-order valence-electron chi connectivity index (χ0n) is 15.0. The van der Waals surface area contributed by atoms with Gasteiger partial charge < -0.3 is 14.7 Å². The fourth-order valence-electron chi connectivity index (χ4n) is 2.34. The lowest BCUT2D eigenvalue weighted by molar-refractivity contribution is -0.137. The van der Waals surface area contributed by atoms with Crippen LogP contribution in [0.4, 0.5) is 8.78 Å². The molecule has 0 spiro atoms. The van der Waals surface area contributed by atoms with E-state index in [1.54, 1.807) is 12.1 Å². The van der Waals surface area contributed by atoms with Crippen molar-refractivity contribution in [3.05, 3.63) is 59.3 Å². The molecule has 0 atom stereocenters. The molecule has 0 aliphatic heterocycles. The molecule has 2 aromatic rings. The molecule has 0 saturated heterocycles. The summed E-state index contributed by atoms with van der Waals surface area (Å²) in [6.07, 6.45) is -0.425. The van der Waals surface area contributed by atoms with Crippen molar-refractivity contribution in [2.75, 3.05) is 6.54 Å². The Morgan fingerprint density at radius 2 is 1.93 bits per heavy atom. The number of hydrogen-bond donors (Lipinski definition) is 1. The van der Waals surface area contributed by atoms with Crippen molar-refractivity contribution in [1.82, 2.24) is 9.88 Å². The Labute approximate surface area is 155 Å². The molecular formula is C19H20F2N2O4. The largest absolute Gasteiger partial charge is 0.481 e. The molecule has 1 amide bonds. The Hall–Kier alpha value is -3.03. The van der Waals surface area contributed by atoms with Crippen LogP contribution in [0.3, 0.4) is 0 Å². The van der Waals surface area contributed by atoms with Gasteiger partial charge in [-0.3, -0.25) is 9.59 Å². The van der Waals surface area contributed by atoms with Crippen molar-refractivity contribution in [2.24, 2.45) is 0 Å². The van der Waals surface area contributed by atoms with Gasteiger partial charge in [0.2, 0.25) is 5.88 Å². The number of benzene rings is 1. The first-order valence-electron chi connectivity index (χ1n) is 8.35. The molecule has 1 aromatic heterocycles. The number of pyridine rings is 1. The van der Waals surface area contributed by atoms with Crippen LogP contribution in [0.25, 0.3) is 0 Å². The molecule has 0 bridgehead atoms. The summed E-state index contributed by atoms with van der Waals surface area (Å²) in [7, 11) is 0. The van der Waals surface area contributed by atoms with E-state index in [4.69, 9.17) is 9.84 Å². The first-order valence-corrected chi connectivity index (χ1v) is 8.35. The summed E-state index contributed by atoms with van der Waals surface area (Å²) in [6.45, 7) is 3.45. The Kier molecular flexibility index (Phi) is 6.81. The van der Waals surface area contributed by atoms with Gasteiger partial charge in [-0.25, -0.2) is 13.8 Å². The van der Waals surface area contributed by atoms with E-state index in [0.717, 1.165) is 12.1 Å². The van der Waals surface area contributed by atoms with Crippen molar-refractivity contribution in [3.63, 3.8) is 0 Å². The number of rotatable bonds is 8. The van der Waals surface area contributed by atoms with Gasteiger partial charge in [0, 0.05) is 19.2 Å². The number of carbonyl (C=O) groups is 2. The lowest BCUT2D eigenvalue weighted by atomic mass is 10.2. The van der Waals surface area contributed by atoms with Crippen molar-refractivity contribution >= 4 is 11.9 Å². The van der Waals surface area contributed by atoms with E-state index in [1.165, 1.54) is 17.0 Å². The Morgan fingerprint density at radius 3 is 2.56 bits per heavy atom. The summed E-state index contributed by atoms with van der Waals surface area (Å²) in [5.74, 6) is -3.38. The van der Waals surface area contributed by atoms with Gasteiger partial charge in [0.1, 0.15) is 5.69 Å². The predicted molar refractivity (Wildman–Crippen MR) is 93.4 cm³/mol. The van der Waals surface area contributed by atoms with Crippen LogP contribution < -0.4 is 4.74 Å². The van der Waals surface area contributed by atoms with E-state index in [2.05, 4.69) is 4.98 Å². The summed E-state index contributed by atoms with van der Waals surface area (Å²) in [5.41, 5.74) is 0.406. The Balaban J connectivity index is 2.25. The molecule has 27 heavy (non-hydrogen) atoms. The van der Waals surface area contributed by atoms with Gasteiger partial charge in [0.05, 0.1) is 12.5 Å². The summed E-state index contributed by atoms with van der Waals surface area (Å²) < 4.78 is 32.0. The second-order valence-corrected chi connectivity index (χ2v) is 6.15. The highest BCUT2D eigenvalue weighted by molar-refractivity contribution is 5.92. The van der Waals surface area contributed by atoms with Crippen molar-refractivity contribution in [2.45, 2.75) is 32.9 Å². The van der Waals surface area contributed by atoms with Crippen molar-refractivity contribution < 1.29 is 28.2 Å². The van der Waals surface area contributed by atoms with Crippen LogP contribution in [0.5, 0.6) is 5.88 Å². The predicted octanol–water partition coefficient (Wildman–Crippen LogP) is 3.26. The van der Waals surface area contributed by atoms with E-state index < -0.39 is 23.5 Å². The highest BCUT2D eigenvalue weighted by atomic mass is 19.2. The first kappa shape index (κ1) is 20.3. The molecule has 1 heterocycles. The third kappa shape index (κ3) is 6.02. The molecule has 0 aliphatic carbocycles. The molecule has 2 rings (SSSR count). The lowest BCUT2D eigenvalue weighted by Crippen LogP contribution is -2.33. The molecular weight excluding hydrogens is 358 g/mol. The smallest absolute Gasteiger partial charge is 0.305 e. The number of ether oxygens (including phenoxy) is 1. The van der Waals surface area contributed by atoms with Crippen LogP contribution in [0.15, 0.2) is 36.4 Å². The van der Waals surface area contributed by atoms with Gasteiger partial charge in [-0.1, -0.05) is 12.1 Å². The highest BCUT2D eigenvalue weighted by Crippen LogP contribution is 2.15. The molecule has 0 unspecified atom stereocenters. The molecule has 8 heteroatoms. The number of aromatic nitrogens is 1. The topological polar surface area (TPSA) is 79.7 Å². The number of nitrogens with zero attached hydrogens (tertiary/aromatic N) is 2. The summed E-state index contributed by atoms with van der Waals surface area (Å²) in [6, 6.07) is 7.96. The lowest BCUT2D eigenvalue weighted by Gasteiger charge is -2.22. The molecule has 0 fully saturated rings. The molecule has 1 N–H and O–H groups in total. The van der Waals surface area contributed by atoms with Crippen molar-refractivity contribution in [3.8, 4) is 5.88 Å². The summed E-state index contributed by atoms with van der Waals surface area (Å²) >= 11 is 0. The van der Waals surface area contributed by atoms with Crippen LogP contribution in [-0.4, -0.2) is 39.5 Å². The standard InChI is InChI=1S/C19H20F2N2O4/c1-12(2)27-17-5-3-4-16(22-17)19(26)23(9-8-18(24)25)11-13-6-7-14(20)15(21)10-13/h3-7,10,12H,8-9,11H2,1-2H3,(H,24,25). The van der Waals surface area contributed by atoms with E-state index in [-0.39, 0.29) is 37.2 Å². The maximum atomic E-state index is 13.4. The minimum Gasteiger partial charge on any atom is -0.481 e. The SMILES string of the molecule is CC(C)Oc1cccc(C(=O)N(CCC(=O)O)Cc2ccc(F)c(F)c2)n1. The first-order chi connectivity index (χ1) is 12.8.